The molecule has 1 aliphatic rings. The van der Waals surface area contributed by atoms with Gasteiger partial charge in [-0.25, -0.2) is 0 Å². The van der Waals surface area contributed by atoms with Gasteiger partial charge in [-0.2, -0.15) is 0 Å². The van der Waals surface area contributed by atoms with Crippen molar-refractivity contribution in [2.45, 2.75) is 12.5 Å². The number of carbonyl (C=O) groups excluding carboxylic acids is 2. The number of hydrogen-bond donors (Lipinski definition) is 1. The Balaban J connectivity index is 2.07. The molecule has 0 fully saturated rings. The van der Waals surface area contributed by atoms with Crippen molar-refractivity contribution in [2.75, 3.05) is 19.5 Å². The quantitative estimate of drug-likeness (QED) is 0.878. The van der Waals surface area contributed by atoms with Gasteiger partial charge < -0.3 is 14.8 Å². The molecule has 124 valence electrons. The van der Waals surface area contributed by atoms with Crippen LogP contribution in [0.2, 0.25) is 0 Å². The minimum Gasteiger partial charge on any atom is -0.497 e. The van der Waals surface area contributed by atoms with Crippen LogP contribution < -0.4 is 10.1 Å². The fourth-order valence-electron chi connectivity index (χ4n) is 3.05. The van der Waals surface area contributed by atoms with Crippen LogP contribution in [0, 0.1) is 5.92 Å². The van der Waals surface area contributed by atoms with E-state index in [4.69, 9.17) is 9.47 Å². The molecule has 2 aromatic rings. The summed E-state index contributed by atoms with van der Waals surface area (Å²) in [7, 11) is 2.90. The van der Waals surface area contributed by atoms with E-state index in [0.717, 1.165) is 5.56 Å². The number of esters is 1. The minimum absolute atomic E-state index is 0.0827. The molecule has 0 aliphatic carbocycles. The third-order valence-electron chi connectivity index (χ3n) is 4.31. The molecule has 5 nitrogen and oxygen atoms in total. The molecule has 1 heterocycles. The van der Waals surface area contributed by atoms with E-state index in [-0.39, 0.29) is 18.2 Å². The van der Waals surface area contributed by atoms with Crippen molar-refractivity contribution in [3.05, 3.63) is 59.7 Å². The van der Waals surface area contributed by atoms with E-state index in [1.807, 2.05) is 36.4 Å². The number of benzene rings is 2. The lowest BCUT2D eigenvalue weighted by molar-refractivity contribution is -0.145. The second-order valence-corrected chi connectivity index (χ2v) is 5.70. The topological polar surface area (TPSA) is 64.6 Å². The van der Waals surface area contributed by atoms with Gasteiger partial charge in [-0.15, -0.1) is 0 Å². The molecule has 0 aromatic heterocycles. The van der Waals surface area contributed by atoms with Crippen LogP contribution in [0.15, 0.2) is 48.5 Å². The van der Waals surface area contributed by atoms with Crippen LogP contribution in [0.4, 0.5) is 5.69 Å². The van der Waals surface area contributed by atoms with Gasteiger partial charge in [-0.1, -0.05) is 30.3 Å². The smallest absolute Gasteiger partial charge is 0.311 e. The molecule has 24 heavy (non-hydrogen) atoms. The molecule has 0 radical (unpaired) electrons. The Morgan fingerprint density at radius 2 is 1.88 bits per heavy atom. The molecule has 1 N–H and O–H groups in total. The summed E-state index contributed by atoms with van der Waals surface area (Å²) in [6.45, 7) is 0. The van der Waals surface area contributed by atoms with Crippen LogP contribution in [-0.4, -0.2) is 26.0 Å². The van der Waals surface area contributed by atoms with Crippen LogP contribution >= 0.6 is 0 Å². The van der Waals surface area contributed by atoms with Gasteiger partial charge in [0.2, 0.25) is 0 Å². The lowest BCUT2D eigenvalue weighted by atomic mass is 9.89. The predicted octanol–water partition coefficient (Wildman–Crippen LogP) is 3.22. The van der Waals surface area contributed by atoms with Gasteiger partial charge >= 0.3 is 5.97 Å². The molecule has 3 rings (SSSR count). The Morgan fingerprint density at radius 1 is 1.12 bits per heavy atom. The first kappa shape index (κ1) is 16.1. The first-order valence-electron chi connectivity index (χ1n) is 7.74. The summed E-state index contributed by atoms with van der Waals surface area (Å²) in [5, 5.41) is 3.35. The van der Waals surface area contributed by atoms with E-state index in [1.54, 1.807) is 19.2 Å². The largest absolute Gasteiger partial charge is 0.497 e. The van der Waals surface area contributed by atoms with Gasteiger partial charge in [0.25, 0.3) is 0 Å². The lowest BCUT2D eigenvalue weighted by Gasteiger charge is -2.25. The number of ether oxygens (including phenoxy) is 2. The maximum Gasteiger partial charge on any atom is 0.311 e. The third kappa shape index (κ3) is 2.97. The summed E-state index contributed by atoms with van der Waals surface area (Å²) in [6, 6.07) is 14.6. The normalized spacial score (nSPS) is 19.7. The molecule has 0 bridgehead atoms. The van der Waals surface area contributed by atoms with Gasteiger partial charge in [-0.05, 0) is 23.8 Å². The summed E-state index contributed by atoms with van der Waals surface area (Å²) >= 11 is 0. The Hall–Kier alpha value is -2.82. The number of Topliss-reactive ketones (excluding diaryl/α,β-unsaturated/α-hetero) is 1. The highest BCUT2D eigenvalue weighted by molar-refractivity contribution is 6.04. The second kappa shape index (κ2) is 6.74. The van der Waals surface area contributed by atoms with Crippen molar-refractivity contribution in [1.82, 2.24) is 0 Å². The molecule has 2 aromatic carbocycles. The highest BCUT2D eigenvalue weighted by Gasteiger charge is 2.36. The van der Waals surface area contributed by atoms with Gasteiger partial charge in [0, 0.05) is 17.7 Å². The highest BCUT2D eigenvalue weighted by Crippen LogP contribution is 2.37. The van der Waals surface area contributed by atoms with Crippen LogP contribution in [0.1, 0.15) is 28.4 Å². The van der Waals surface area contributed by atoms with Crippen molar-refractivity contribution in [3.63, 3.8) is 0 Å². The SMILES string of the molecule is COC(=O)[C@@H]1CC(=O)c2cc(OC)ccc2N[C@H]1c1ccccc1. The first-order valence-corrected chi connectivity index (χ1v) is 7.74. The van der Waals surface area contributed by atoms with Gasteiger partial charge in [0.1, 0.15) is 5.75 Å². The van der Waals surface area contributed by atoms with E-state index in [1.165, 1.54) is 7.11 Å². The molecule has 0 amide bonds. The molecule has 0 saturated heterocycles. The van der Waals surface area contributed by atoms with E-state index >= 15 is 0 Å². The number of hydrogen-bond acceptors (Lipinski definition) is 5. The predicted molar refractivity (Wildman–Crippen MR) is 90.3 cm³/mol. The van der Waals surface area contributed by atoms with Crippen LogP contribution in [0.5, 0.6) is 5.75 Å². The number of nitrogens with one attached hydrogen (secondary N) is 1. The Bertz CT molecular complexity index is 757. The molecule has 0 saturated carbocycles. The van der Waals surface area contributed by atoms with E-state index < -0.39 is 11.9 Å². The molecular weight excluding hydrogens is 306 g/mol. The first-order chi connectivity index (χ1) is 11.6. The maximum atomic E-state index is 12.7. The summed E-state index contributed by atoms with van der Waals surface area (Å²) < 4.78 is 10.1. The van der Waals surface area contributed by atoms with E-state index in [9.17, 15) is 9.59 Å². The Kier molecular flexibility index (Phi) is 4.51. The second-order valence-electron chi connectivity index (χ2n) is 5.70. The molecule has 2 atom stereocenters. The van der Waals surface area contributed by atoms with Gasteiger partial charge in [-0.3, -0.25) is 9.59 Å². The maximum absolute atomic E-state index is 12.7. The fraction of sp³-hybridized carbons (Fsp3) is 0.263. The van der Waals surface area contributed by atoms with Crippen molar-refractivity contribution in [3.8, 4) is 5.75 Å². The van der Waals surface area contributed by atoms with Crippen LogP contribution in [0.25, 0.3) is 0 Å². The van der Waals surface area contributed by atoms with Crippen molar-refractivity contribution in [2.24, 2.45) is 5.92 Å². The van der Waals surface area contributed by atoms with Crippen molar-refractivity contribution >= 4 is 17.4 Å². The summed E-state index contributed by atoms with van der Waals surface area (Å²) in [6.07, 6.45) is 0.0827. The lowest BCUT2D eigenvalue weighted by Crippen LogP contribution is -2.28. The zero-order valence-corrected chi connectivity index (χ0v) is 13.6. The summed E-state index contributed by atoms with van der Waals surface area (Å²) in [5.41, 5.74) is 2.16. The number of methoxy groups -OCH3 is 2. The highest BCUT2D eigenvalue weighted by atomic mass is 16.5. The Morgan fingerprint density at radius 3 is 2.54 bits per heavy atom. The van der Waals surface area contributed by atoms with Gasteiger partial charge in [0.05, 0.1) is 26.2 Å². The molecule has 5 heteroatoms. The third-order valence-corrected chi connectivity index (χ3v) is 4.31. The van der Waals surface area contributed by atoms with Gasteiger partial charge in [0.15, 0.2) is 5.78 Å². The fourth-order valence-corrected chi connectivity index (χ4v) is 3.05. The standard InChI is InChI=1S/C19H19NO4/c1-23-13-8-9-16-14(10-13)17(21)11-15(19(22)24-2)18(20-16)12-6-4-3-5-7-12/h3-10,15,18,20H,11H2,1-2H3/t15-,18+/m1/s1. The van der Waals surface area contributed by atoms with E-state index in [2.05, 4.69) is 5.32 Å². The zero-order valence-electron chi connectivity index (χ0n) is 13.6. The number of anilines is 1. The summed E-state index contributed by atoms with van der Waals surface area (Å²) in [5.74, 6) is -0.491. The average Bonchev–Trinajstić information content (AvgIpc) is 2.78. The summed E-state index contributed by atoms with van der Waals surface area (Å²) in [4.78, 5) is 25.0. The minimum atomic E-state index is -0.594. The molecule has 0 spiro atoms. The van der Waals surface area contributed by atoms with Crippen LogP contribution in [-0.2, 0) is 9.53 Å². The Labute approximate surface area is 140 Å². The molecule has 0 unspecified atom stereocenters. The number of carbonyl (C=O) groups is 2. The van der Waals surface area contributed by atoms with E-state index in [0.29, 0.717) is 17.0 Å². The molecular formula is C19H19NO4. The zero-order chi connectivity index (χ0) is 17.1. The van der Waals surface area contributed by atoms with Crippen LogP contribution in [0.3, 0.4) is 0 Å². The number of fused-ring (bicyclic) bond motifs is 1. The average molecular weight is 325 g/mol. The van der Waals surface area contributed by atoms with Crippen molar-refractivity contribution in [1.29, 1.82) is 0 Å². The number of ketones is 1. The molecule has 1 aliphatic heterocycles. The number of rotatable bonds is 3. The monoisotopic (exact) mass is 325 g/mol. The van der Waals surface area contributed by atoms with Crippen molar-refractivity contribution < 1.29 is 19.1 Å².